The third kappa shape index (κ3) is 4.48. The zero-order valence-electron chi connectivity index (χ0n) is 18.4. The number of hydrogen-bond donors (Lipinski definition) is 2. The summed E-state index contributed by atoms with van der Waals surface area (Å²) in [5.74, 6) is -1.04. The van der Waals surface area contributed by atoms with Gasteiger partial charge in [-0.1, -0.05) is 25.1 Å². The van der Waals surface area contributed by atoms with Crippen LogP contribution in [0.1, 0.15) is 34.5 Å². The van der Waals surface area contributed by atoms with Gasteiger partial charge in [0.15, 0.2) is 5.82 Å². The molecule has 1 atom stereocenters. The predicted molar refractivity (Wildman–Crippen MR) is 122 cm³/mol. The van der Waals surface area contributed by atoms with Crippen molar-refractivity contribution in [3.8, 4) is 11.3 Å². The Balaban J connectivity index is 1.58. The first-order valence-corrected chi connectivity index (χ1v) is 10.4. The second-order valence-corrected chi connectivity index (χ2v) is 7.67. The van der Waals surface area contributed by atoms with Crippen LogP contribution in [0, 0.1) is 18.6 Å². The Morgan fingerprint density at radius 1 is 1.06 bits per heavy atom. The number of amides is 1. The van der Waals surface area contributed by atoms with E-state index in [4.69, 9.17) is 0 Å². The van der Waals surface area contributed by atoms with Gasteiger partial charge in [-0.15, -0.1) is 0 Å². The third-order valence-corrected chi connectivity index (χ3v) is 5.44. The van der Waals surface area contributed by atoms with Crippen molar-refractivity contribution in [2.24, 2.45) is 0 Å². The van der Waals surface area contributed by atoms with Crippen LogP contribution in [0.15, 0.2) is 49.1 Å². The Labute approximate surface area is 189 Å². The Morgan fingerprint density at radius 3 is 2.64 bits per heavy atom. The number of halogens is 2. The molecular weight excluding hydrogens is 426 g/mol. The summed E-state index contributed by atoms with van der Waals surface area (Å²) in [6, 6.07) is 8.48. The molecule has 4 rings (SSSR count). The molecule has 7 nitrogen and oxygen atoms in total. The molecule has 3 aromatic heterocycles. The van der Waals surface area contributed by atoms with Crippen molar-refractivity contribution in [2.45, 2.75) is 19.8 Å². The molecule has 0 bridgehead atoms. The first kappa shape index (κ1) is 22.2. The van der Waals surface area contributed by atoms with Crippen molar-refractivity contribution in [3.63, 3.8) is 0 Å². The van der Waals surface area contributed by atoms with Crippen molar-refractivity contribution in [1.29, 1.82) is 0 Å². The molecule has 0 spiro atoms. The van der Waals surface area contributed by atoms with Gasteiger partial charge >= 0.3 is 0 Å². The van der Waals surface area contributed by atoms with Crippen molar-refractivity contribution in [3.05, 3.63) is 77.5 Å². The molecule has 2 N–H and O–H groups in total. The number of carbonyl (C=O) groups excluding carboxylic acids is 1. The van der Waals surface area contributed by atoms with Gasteiger partial charge in [0.25, 0.3) is 5.91 Å². The molecule has 0 unspecified atom stereocenters. The average Bonchev–Trinajstić information content (AvgIpc) is 2.83. The van der Waals surface area contributed by atoms with E-state index in [1.807, 2.05) is 13.0 Å². The number of nitrogens with zero attached hydrogens (tertiary/aromatic N) is 4. The van der Waals surface area contributed by atoms with Gasteiger partial charge in [-0.3, -0.25) is 14.8 Å². The number of hydrogen-bond acceptors (Lipinski definition) is 6. The first-order chi connectivity index (χ1) is 15.9. The minimum atomic E-state index is -0.666. The molecule has 33 heavy (non-hydrogen) atoms. The molecule has 1 aromatic carbocycles. The average molecular weight is 448 g/mol. The molecule has 4 aromatic rings. The largest absolute Gasteiger partial charge is 0.369 e. The molecule has 0 aliphatic rings. The number of para-hydroxylation sites is 1. The van der Waals surface area contributed by atoms with Crippen LogP contribution in [0.4, 0.5) is 14.6 Å². The van der Waals surface area contributed by atoms with Crippen molar-refractivity contribution in [1.82, 2.24) is 25.3 Å². The van der Waals surface area contributed by atoms with E-state index in [1.54, 1.807) is 31.3 Å². The molecule has 168 valence electrons. The van der Waals surface area contributed by atoms with Crippen LogP contribution in [-0.4, -0.2) is 39.4 Å². The van der Waals surface area contributed by atoms with Gasteiger partial charge in [0.1, 0.15) is 18.0 Å². The standard InChI is InChI=1S/C24H22F2N6O/c1-13(16-5-4-6-17-22(24(33)27-3)19(26)11-30-23(16)17)9-29-21-8-20(31-12-32-21)15-7-18(25)14(2)28-10-15/h4-8,10-13H,9H2,1-3H3,(H,27,33)(H,29,31,32)/t13-/m1/s1. The smallest absolute Gasteiger partial charge is 0.254 e. The van der Waals surface area contributed by atoms with E-state index in [-0.39, 0.29) is 11.5 Å². The zero-order valence-corrected chi connectivity index (χ0v) is 18.4. The number of anilines is 1. The summed E-state index contributed by atoms with van der Waals surface area (Å²) < 4.78 is 28.2. The van der Waals surface area contributed by atoms with Gasteiger partial charge in [-0.2, -0.15) is 0 Å². The Morgan fingerprint density at radius 2 is 1.88 bits per heavy atom. The second kappa shape index (κ2) is 9.23. The minimum absolute atomic E-state index is 0.0242. The first-order valence-electron chi connectivity index (χ1n) is 10.4. The summed E-state index contributed by atoms with van der Waals surface area (Å²) in [4.78, 5) is 28.9. The number of carbonyl (C=O) groups is 1. The van der Waals surface area contributed by atoms with Crippen LogP contribution in [0.2, 0.25) is 0 Å². The lowest BCUT2D eigenvalue weighted by Gasteiger charge is -2.17. The summed E-state index contributed by atoms with van der Waals surface area (Å²) in [6.45, 7) is 4.08. The lowest BCUT2D eigenvalue weighted by molar-refractivity contribution is 0.0960. The van der Waals surface area contributed by atoms with Crippen LogP contribution in [-0.2, 0) is 0 Å². The lowest BCUT2D eigenvalue weighted by Crippen LogP contribution is -2.20. The maximum absolute atomic E-state index is 14.3. The fourth-order valence-corrected chi connectivity index (χ4v) is 3.60. The normalized spacial score (nSPS) is 11.9. The van der Waals surface area contributed by atoms with Gasteiger partial charge < -0.3 is 10.6 Å². The van der Waals surface area contributed by atoms with Crippen LogP contribution in [0.3, 0.4) is 0 Å². The van der Waals surface area contributed by atoms with Crippen LogP contribution in [0.5, 0.6) is 0 Å². The van der Waals surface area contributed by atoms with E-state index in [9.17, 15) is 13.6 Å². The van der Waals surface area contributed by atoms with E-state index < -0.39 is 17.5 Å². The molecule has 0 radical (unpaired) electrons. The fourth-order valence-electron chi connectivity index (χ4n) is 3.60. The molecule has 9 heteroatoms. The third-order valence-electron chi connectivity index (χ3n) is 5.44. The summed E-state index contributed by atoms with van der Waals surface area (Å²) in [7, 11) is 1.46. The predicted octanol–water partition coefficient (Wildman–Crippen LogP) is 4.25. The number of aryl methyl sites for hydroxylation is 1. The SMILES string of the molecule is CNC(=O)c1c(F)cnc2c([C@H](C)CNc3cc(-c4cnc(C)c(F)c4)ncn3)cccc12. The van der Waals surface area contributed by atoms with Crippen LogP contribution >= 0.6 is 0 Å². The highest BCUT2D eigenvalue weighted by Crippen LogP contribution is 2.28. The quantitative estimate of drug-likeness (QED) is 0.458. The molecule has 0 aliphatic carbocycles. The maximum Gasteiger partial charge on any atom is 0.254 e. The van der Waals surface area contributed by atoms with Gasteiger partial charge in [0.2, 0.25) is 0 Å². The van der Waals surface area contributed by atoms with Crippen molar-refractivity contribution < 1.29 is 13.6 Å². The number of aromatic nitrogens is 4. The van der Waals surface area contributed by atoms with E-state index in [2.05, 4.69) is 30.6 Å². The molecule has 0 saturated heterocycles. The number of fused-ring (bicyclic) bond motifs is 1. The molecule has 1 amide bonds. The summed E-state index contributed by atoms with van der Waals surface area (Å²) >= 11 is 0. The highest BCUT2D eigenvalue weighted by Gasteiger charge is 2.19. The van der Waals surface area contributed by atoms with Crippen molar-refractivity contribution >= 4 is 22.6 Å². The minimum Gasteiger partial charge on any atom is -0.369 e. The Kier molecular flexibility index (Phi) is 6.21. The highest BCUT2D eigenvalue weighted by atomic mass is 19.1. The highest BCUT2D eigenvalue weighted by molar-refractivity contribution is 6.06. The molecule has 0 fully saturated rings. The number of pyridine rings is 2. The maximum atomic E-state index is 14.3. The number of rotatable bonds is 6. The zero-order chi connectivity index (χ0) is 23.5. The number of nitrogens with one attached hydrogen (secondary N) is 2. The summed E-state index contributed by atoms with van der Waals surface area (Å²) in [5.41, 5.74) is 2.83. The molecular formula is C24H22F2N6O. The monoisotopic (exact) mass is 448 g/mol. The van der Waals surface area contributed by atoms with E-state index >= 15 is 0 Å². The number of benzene rings is 1. The topological polar surface area (TPSA) is 92.7 Å². The Bertz CT molecular complexity index is 1340. The van der Waals surface area contributed by atoms with Crippen LogP contribution < -0.4 is 10.6 Å². The van der Waals surface area contributed by atoms with E-state index in [0.29, 0.717) is 40.2 Å². The molecule has 0 aliphatic heterocycles. The lowest BCUT2D eigenvalue weighted by atomic mass is 9.96. The van der Waals surface area contributed by atoms with E-state index in [1.165, 1.54) is 19.4 Å². The fraction of sp³-hybridized carbons (Fsp3) is 0.208. The van der Waals surface area contributed by atoms with Gasteiger partial charge in [0.05, 0.1) is 28.7 Å². The molecule has 0 saturated carbocycles. The molecule has 3 heterocycles. The van der Waals surface area contributed by atoms with Gasteiger partial charge in [-0.25, -0.2) is 18.7 Å². The summed E-state index contributed by atoms with van der Waals surface area (Å²) in [5, 5.41) is 6.19. The van der Waals surface area contributed by atoms with Gasteiger partial charge in [0, 0.05) is 42.7 Å². The van der Waals surface area contributed by atoms with Gasteiger partial charge in [-0.05, 0) is 18.6 Å². The Hall–Kier alpha value is -4.01. The second-order valence-electron chi connectivity index (χ2n) is 7.67. The van der Waals surface area contributed by atoms with Crippen LogP contribution in [0.25, 0.3) is 22.2 Å². The van der Waals surface area contributed by atoms with Crippen molar-refractivity contribution in [2.75, 3.05) is 18.9 Å². The summed E-state index contributed by atoms with van der Waals surface area (Å²) in [6.07, 6.45) is 4.04. The van der Waals surface area contributed by atoms with E-state index in [0.717, 1.165) is 11.8 Å².